The fourth-order valence-corrected chi connectivity index (χ4v) is 4.00. The van der Waals surface area contributed by atoms with E-state index in [1.54, 1.807) is 4.68 Å². The number of rotatable bonds is 6. The van der Waals surface area contributed by atoms with E-state index in [9.17, 15) is 4.79 Å². The van der Waals surface area contributed by atoms with Crippen molar-refractivity contribution in [3.8, 4) is 5.75 Å². The standard InChI is InChI=1S/C26H24N6O2/c1-17-8-6-7-11-22(17)28-25(33)23-18(2)27-26-29-30-31-32(26)24(23)20-12-14-21(15-13-20)34-16-19-9-4-3-5-10-19/h3-15,24H,16H2,1-2H3,(H,28,33)(H,27,29,31)/t24-/m1/s1. The van der Waals surface area contributed by atoms with Crippen molar-refractivity contribution in [3.63, 3.8) is 0 Å². The van der Waals surface area contributed by atoms with Crippen LogP contribution in [0.15, 0.2) is 90.1 Å². The molecule has 0 bridgehead atoms. The summed E-state index contributed by atoms with van der Waals surface area (Å²) in [6, 6.07) is 24.9. The lowest BCUT2D eigenvalue weighted by Gasteiger charge is -2.28. The maximum Gasteiger partial charge on any atom is 0.255 e. The highest BCUT2D eigenvalue weighted by atomic mass is 16.5. The molecule has 0 unspecified atom stereocenters. The number of hydrogen-bond acceptors (Lipinski definition) is 6. The van der Waals surface area contributed by atoms with Crippen LogP contribution in [0.4, 0.5) is 11.6 Å². The van der Waals surface area contributed by atoms with Crippen LogP contribution in [-0.4, -0.2) is 26.1 Å². The van der Waals surface area contributed by atoms with E-state index in [2.05, 4.69) is 26.2 Å². The molecule has 0 saturated heterocycles. The zero-order valence-electron chi connectivity index (χ0n) is 18.9. The maximum atomic E-state index is 13.5. The first-order valence-corrected chi connectivity index (χ1v) is 11.0. The number of hydrogen-bond donors (Lipinski definition) is 2. The van der Waals surface area contributed by atoms with Crippen LogP contribution in [0.25, 0.3) is 0 Å². The Morgan fingerprint density at radius 1 is 1.00 bits per heavy atom. The number of anilines is 2. The topological polar surface area (TPSA) is 94.0 Å². The number of amides is 1. The van der Waals surface area contributed by atoms with Crippen molar-refractivity contribution in [3.05, 3.63) is 107 Å². The van der Waals surface area contributed by atoms with Crippen LogP contribution < -0.4 is 15.4 Å². The van der Waals surface area contributed by atoms with Crippen molar-refractivity contribution < 1.29 is 9.53 Å². The van der Waals surface area contributed by atoms with Crippen LogP contribution in [0.3, 0.4) is 0 Å². The highest BCUT2D eigenvalue weighted by molar-refractivity contribution is 6.06. The Morgan fingerprint density at radius 3 is 2.50 bits per heavy atom. The van der Waals surface area contributed by atoms with Gasteiger partial charge in [0.1, 0.15) is 18.4 Å². The fraction of sp³-hybridized carbons (Fsp3) is 0.154. The van der Waals surface area contributed by atoms with Gasteiger partial charge in [-0.15, -0.1) is 0 Å². The molecule has 0 radical (unpaired) electrons. The van der Waals surface area contributed by atoms with Crippen LogP contribution in [0.5, 0.6) is 5.75 Å². The van der Waals surface area contributed by atoms with Gasteiger partial charge in [0.2, 0.25) is 5.95 Å². The Hall–Kier alpha value is -4.46. The van der Waals surface area contributed by atoms with E-state index >= 15 is 0 Å². The quantitative estimate of drug-likeness (QED) is 0.448. The number of carbonyl (C=O) groups excluding carboxylic acids is 1. The van der Waals surface area contributed by atoms with Crippen LogP contribution in [0, 0.1) is 6.92 Å². The third-order valence-electron chi connectivity index (χ3n) is 5.80. The van der Waals surface area contributed by atoms with Gasteiger partial charge in [0.25, 0.3) is 5.91 Å². The first kappa shape index (κ1) is 21.4. The molecule has 2 N–H and O–H groups in total. The van der Waals surface area contributed by atoms with E-state index in [1.165, 1.54) is 0 Å². The van der Waals surface area contributed by atoms with Crippen molar-refractivity contribution in [2.75, 3.05) is 10.6 Å². The Morgan fingerprint density at radius 2 is 1.74 bits per heavy atom. The molecule has 0 saturated carbocycles. The third kappa shape index (κ3) is 4.25. The molecule has 0 spiro atoms. The van der Waals surface area contributed by atoms with E-state index in [0.29, 0.717) is 23.8 Å². The predicted molar refractivity (Wildman–Crippen MR) is 129 cm³/mol. The monoisotopic (exact) mass is 452 g/mol. The Balaban J connectivity index is 1.43. The molecule has 34 heavy (non-hydrogen) atoms. The number of nitrogens with zero attached hydrogens (tertiary/aromatic N) is 4. The molecular formula is C26H24N6O2. The molecule has 1 aromatic heterocycles. The number of tetrazole rings is 1. The van der Waals surface area contributed by atoms with Crippen LogP contribution in [-0.2, 0) is 11.4 Å². The molecule has 4 aromatic rings. The number of carbonyl (C=O) groups is 1. The number of para-hydroxylation sites is 1. The predicted octanol–water partition coefficient (Wildman–Crippen LogP) is 4.49. The lowest BCUT2D eigenvalue weighted by atomic mass is 9.95. The summed E-state index contributed by atoms with van der Waals surface area (Å²) in [5.74, 6) is 1.01. The zero-order chi connectivity index (χ0) is 23.5. The van der Waals surface area contributed by atoms with E-state index in [4.69, 9.17) is 4.74 Å². The van der Waals surface area contributed by atoms with Gasteiger partial charge >= 0.3 is 0 Å². The summed E-state index contributed by atoms with van der Waals surface area (Å²) in [5, 5.41) is 18.2. The van der Waals surface area contributed by atoms with Crippen molar-refractivity contribution in [1.82, 2.24) is 20.2 Å². The molecule has 0 fully saturated rings. The van der Waals surface area contributed by atoms with Crippen molar-refractivity contribution in [2.45, 2.75) is 26.5 Å². The van der Waals surface area contributed by atoms with E-state index in [0.717, 1.165) is 28.1 Å². The number of fused-ring (bicyclic) bond motifs is 1. The molecule has 1 aliphatic rings. The molecule has 8 heteroatoms. The second kappa shape index (κ2) is 9.19. The summed E-state index contributed by atoms with van der Waals surface area (Å²) >= 11 is 0. The van der Waals surface area contributed by atoms with Gasteiger partial charge in [0, 0.05) is 11.4 Å². The van der Waals surface area contributed by atoms with Gasteiger partial charge < -0.3 is 15.4 Å². The Bertz CT molecular complexity index is 1350. The first-order valence-electron chi connectivity index (χ1n) is 11.0. The van der Waals surface area contributed by atoms with Crippen molar-refractivity contribution >= 4 is 17.5 Å². The van der Waals surface area contributed by atoms with Crippen LogP contribution in [0.2, 0.25) is 0 Å². The lowest BCUT2D eigenvalue weighted by Crippen LogP contribution is -2.31. The molecule has 8 nitrogen and oxygen atoms in total. The molecule has 1 aliphatic heterocycles. The number of aromatic nitrogens is 4. The van der Waals surface area contributed by atoms with Crippen molar-refractivity contribution in [1.29, 1.82) is 0 Å². The van der Waals surface area contributed by atoms with Crippen LogP contribution >= 0.6 is 0 Å². The molecule has 5 rings (SSSR count). The van der Waals surface area contributed by atoms with Gasteiger partial charge in [-0.25, -0.2) is 0 Å². The van der Waals surface area contributed by atoms with E-state index in [1.807, 2.05) is 92.7 Å². The number of aryl methyl sites for hydroxylation is 1. The minimum absolute atomic E-state index is 0.213. The molecule has 170 valence electrons. The van der Waals surface area contributed by atoms with Gasteiger partial charge in [-0.3, -0.25) is 4.79 Å². The van der Waals surface area contributed by atoms with Gasteiger partial charge in [-0.2, -0.15) is 4.68 Å². The van der Waals surface area contributed by atoms with E-state index < -0.39 is 6.04 Å². The first-order chi connectivity index (χ1) is 16.6. The second-order valence-electron chi connectivity index (χ2n) is 8.13. The summed E-state index contributed by atoms with van der Waals surface area (Å²) in [7, 11) is 0. The summed E-state index contributed by atoms with van der Waals surface area (Å²) in [4.78, 5) is 13.5. The van der Waals surface area contributed by atoms with Crippen LogP contribution in [0.1, 0.15) is 29.7 Å². The molecule has 0 aliphatic carbocycles. The second-order valence-corrected chi connectivity index (χ2v) is 8.13. The Kier molecular flexibility index (Phi) is 5.78. The van der Waals surface area contributed by atoms with Gasteiger partial charge in [0.05, 0.1) is 5.57 Å². The smallest absolute Gasteiger partial charge is 0.255 e. The summed E-state index contributed by atoms with van der Waals surface area (Å²) in [6.45, 7) is 4.30. The average molecular weight is 453 g/mol. The number of allylic oxidation sites excluding steroid dienone is 1. The normalized spacial score (nSPS) is 14.8. The molecule has 2 heterocycles. The number of nitrogens with one attached hydrogen (secondary N) is 2. The third-order valence-corrected chi connectivity index (χ3v) is 5.80. The lowest BCUT2D eigenvalue weighted by molar-refractivity contribution is -0.113. The Labute approximate surface area is 197 Å². The summed E-state index contributed by atoms with van der Waals surface area (Å²) < 4.78 is 7.55. The molecular weight excluding hydrogens is 428 g/mol. The van der Waals surface area contributed by atoms with Gasteiger partial charge in [0.15, 0.2) is 0 Å². The largest absolute Gasteiger partial charge is 0.489 e. The zero-order valence-corrected chi connectivity index (χ0v) is 18.9. The summed E-state index contributed by atoms with van der Waals surface area (Å²) in [5.41, 5.74) is 4.95. The van der Waals surface area contributed by atoms with Crippen molar-refractivity contribution in [2.24, 2.45) is 0 Å². The minimum atomic E-state index is -0.488. The minimum Gasteiger partial charge on any atom is -0.489 e. The molecule has 3 aromatic carbocycles. The fourth-order valence-electron chi connectivity index (χ4n) is 4.00. The maximum absolute atomic E-state index is 13.5. The van der Waals surface area contributed by atoms with E-state index in [-0.39, 0.29) is 5.91 Å². The summed E-state index contributed by atoms with van der Waals surface area (Å²) in [6.07, 6.45) is 0. The number of benzene rings is 3. The van der Waals surface area contributed by atoms with Gasteiger partial charge in [-0.05, 0) is 59.2 Å². The molecule has 1 amide bonds. The number of ether oxygens (including phenoxy) is 1. The highest BCUT2D eigenvalue weighted by Gasteiger charge is 2.34. The molecule has 1 atom stereocenters. The van der Waals surface area contributed by atoms with Gasteiger partial charge in [-0.1, -0.05) is 65.8 Å². The average Bonchev–Trinajstić information content (AvgIpc) is 3.32. The SMILES string of the molecule is CC1=C(C(=O)Nc2ccccc2C)[C@@H](c2ccc(OCc3ccccc3)cc2)n2nnnc2N1. The highest BCUT2D eigenvalue weighted by Crippen LogP contribution is 2.35.